The van der Waals surface area contributed by atoms with Crippen molar-refractivity contribution in [3.8, 4) is 0 Å². The largest absolute Gasteiger partial charge is 0.465 e. The van der Waals surface area contributed by atoms with Crippen LogP contribution in [0.3, 0.4) is 0 Å². The van der Waals surface area contributed by atoms with Gasteiger partial charge in [0, 0.05) is 37.8 Å². The molecule has 2 amide bonds. The number of sulfonamides is 1. The number of carbonyl (C=O) groups excluding carboxylic acids is 1. The molecule has 3 rings (SSSR count). The summed E-state index contributed by atoms with van der Waals surface area (Å²) in [4.78, 5) is 30.7. The van der Waals surface area contributed by atoms with Crippen molar-refractivity contribution >= 4 is 51.1 Å². The highest BCUT2D eigenvalue weighted by Gasteiger charge is 2.25. The van der Waals surface area contributed by atoms with Gasteiger partial charge in [-0.05, 0) is 23.8 Å². The molecule has 0 saturated heterocycles. The molecule has 36 heavy (non-hydrogen) atoms. The Kier molecular flexibility index (Phi) is 9.31. The van der Waals surface area contributed by atoms with Gasteiger partial charge in [-0.2, -0.15) is 4.31 Å². The van der Waals surface area contributed by atoms with E-state index in [1.807, 2.05) is 0 Å². The zero-order valence-electron chi connectivity index (χ0n) is 19.7. The van der Waals surface area contributed by atoms with Crippen LogP contribution in [0.4, 0.5) is 4.79 Å². The number of carbonyl (C=O) groups is 2. The molecule has 10 nitrogen and oxygen atoms in total. The number of amidine groups is 1. The number of hydrogen-bond donors (Lipinski definition) is 1. The van der Waals surface area contributed by atoms with Gasteiger partial charge >= 0.3 is 6.09 Å². The van der Waals surface area contributed by atoms with E-state index in [9.17, 15) is 23.1 Å². The highest BCUT2D eigenvalue weighted by atomic mass is 35.5. The molecule has 1 heterocycles. The first kappa shape index (κ1) is 27.9. The van der Waals surface area contributed by atoms with E-state index in [4.69, 9.17) is 27.9 Å². The number of carboxylic acid groups (broad SMARTS) is 1. The van der Waals surface area contributed by atoms with Crippen LogP contribution in [0.25, 0.3) is 0 Å². The van der Waals surface area contributed by atoms with Gasteiger partial charge in [0.25, 0.3) is 0 Å². The SMILES string of the molecule is CN(Cc1ccc(C2=NCCN2C(=O)O)cc1Cl)C(=O)COCCN(C)S(=O)(=O)c1ccccc1Cl. The van der Waals surface area contributed by atoms with E-state index in [1.165, 1.54) is 24.1 Å². The minimum atomic E-state index is -3.78. The van der Waals surface area contributed by atoms with Crippen molar-refractivity contribution in [1.29, 1.82) is 0 Å². The molecule has 1 aliphatic rings. The quantitative estimate of drug-likeness (QED) is 0.449. The van der Waals surface area contributed by atoms with Crippen molar-refractivity contribution in [2.45, 2.75) is 11.4 Å². The molecule has 13 heteroatoms. The number of halogens is 2. The van der Waals surface area contributed by atoms with Crippen LogP contribution in [0.1, 0.15) is 11.1 Å². The minimum absolute atomic E-state index is 0.00328. The van der Waals surface area contributed by atoms with E-state index in [1.54, 1.807) is 37.4 Å². The minimum Gasteiger partial charge on any atom is -0.465 e. The third kappa shape index (κ3) is 6.54. The summed E-state index contributed by atoms with van der Waals surface area (Å²) in [6.45, 7) is 0.698. The molecule has 0 aliphatic carbocycles. The first-order chi connectivity index (χ1) is 17.0. The molecular formula is C23H26Cl2N4O6S. The summed E-state index contributed by atoms with van der Waals surface area (Å²) in [7, 11) is -0.777. The molecule has 2 aromatic carbocycles. The fourth-order valence-corrected chi connectivity index (χ4v) is 5.33. The van der Waals surface area contributed by atoms with Gasteiger partial charge in [-0.25, -0.2) is 13.2 Å². The summed E-state index contributed by atoms with van der Waals surface area (Å²) in [5.41, 5.74) is 1.25. The van der Waals surface area contributed by atoms with Crippen molar-refractivity contribution in [2.24, 2.45) is 4.99 Å². The van der Waals surface area contributed by atoms with Gasteiger partial charge in [0.05, 0.1) is 24.7 Å². The highest BCUT2D eigenvalue weighted by Crippen LogP contribution is 2.24. The van der Waals surface area contributed by atoms with Crippen molar-refractivity contribution in [2.75, 3.05) is 46.9 Å². The second-order valence-electron chi connectivity index (χ2n) is 8.01. The second-order valence-corrected chi connectivity index (χ2v) is 10.8. The normalized spacial score (nSPS) is 13.7. The lowest BCUT2D eigenvalue weighted by molar-refractivity contribution is -0.135. The summed E-state index contributed by atoms with van der Waals surface area (Å²) in [6, 6.07) is 11.2. The molecule has 0 aromatic heterocycles. The second kappa shape index (κ2) is 12.0. The van der Waals surface area contributed by atoms with Gasteiger partial charge in [0.1, 0.15) is 17.3 Å². The van der Waals surface area contributed by atoms with Gasteiger partial charge < -0.3 is 14.7 Å². The summed E-state index contributed by atoms with van der Waals surface area (Å²) < 4.78 is 31.8. The number of aliphatic imine (C=N–C) groups is 1. The van der Waals surface area contributed by atoms with Crippen LogP contribution >= 0.6 is 23.2 Å². The van der Waals surface area contributed by atoms with Gasteiger partial charge in [-0.3, -0.25) is 14.7 Å². The van der Waals surface area contributed by atoms with Crippen LogP contribution < -0.4 is 0 Å². The van der Waals surface area contributed by atoms with Crippen LogP contribution in [-0.2, 0) is 26.1 Å². The van der Waals surface area contributed by atoms with Gasteiger partial charge in [-0.15, -0.1) is 0 Å². The van der Waals surface area contributed by atoms with Crippen LogP contribution in [0.5, 0.6) is 0 Å². The number of ether oxygens (including phenoxy) is 1. The fourth-order valence-electron chi connectivity index (χ4n) is 3.44. The molecule has 1 N–H and O–H groups in total. The van der Waals surface area contributed by atoms with E-state index < -0.39 is 16.1 Å². The zero-order chi connectivity index (χ0) is 26.5. The Morgan fingerprint density at radius 1 is 1.14 bits per heavy atom. The Hall–Kier alpha value is -2.70. The van der Waals surface area contributed by atoms with E-state index in [0.29, 0.717) is 35.1 Å². The zero-order valence-corrected chi connectivity index (χ0v) is 22.1. The molecule has 194 valence electrons. The maximum Gasteiger partial charge on any atom is 0.413 e. The topological polar surface area (TPSA) is 120 Å². The van der Waals surface area contributed by atoms with E-state index in [0.717, 1.165) is 9.21 Å². The molecule has 1 aliphatic heterocycles. The van der Waals surface area contributed by atoms with Crippen molar-refractivity contribution < 1.29 is 27.9 Å². The number of likely N-dealkylation sites (N-methyl/N-ethyl adjacent to an activating group) is 2. The molecule has 0 radical (unpaired) electrons. The Labute approximate surface area is 219 Å². The van der Waals surface area contributed by atoms with Crippen molar-refractivity contribution in [3.05, 3.63) is 63.6 Å². The first-order valence-electron chi connectivity index (χ1n) is 10.9. The fraction of sp³-hybridized carbons (Fsp3) is 0.348. The lowest BCUT2D eigenvalue weighted by atomic mass is 10.1. The predicted octanol–water partition coefficient (Wildman–Crippen LogP) is 3.03. The van der Waals surface area contributed by atoms with E-state index in [-0.39, 0.29) is 42.1 Å². The number of hydrogen-bond acceptors (Lipinski definition) is 6. The molecular weight excluding hydrogens is 531 g/mol. The number of amides is 2. The monoisotopic (exact) mass is 556 g/mol. The van der Waals surface area contributed by atoms with Crippen LogP contribution in [0.15, 0.2) is 52.4 Å². The highest BCUT2D eigenvalue weighted by molar-refractivity contribution is 7.89. The summed E-state index contributed by atoms with van der Waals surface area (Å²) in [5.74, 6) is 0.0271. The van der Waals surface area contributed by atoms with Gasteiger partial charge in [0.15, 0.2) is 0 Å². The molecule has 0 saturated carbocycles. The van der Waals surface area contributed by atoms with Crippen molar-refractivity contribution in [1.82, 2.24) is 14.1 Å². The molecule has 0 atom stereocenters. The maximum atomic E-state index is 12.6. The lowest BCUT2D eigenvalue weighted by Crippen LogP contribution is -2.34. The molecule has 0 spiro atoms. The van der Waals surface area contributed by atoms with Gasteiger partial charge in [0.2, 0.25) is 15.9 Å². The number of nitrogens with zero attached hydrogens (tertiary/aromatic N) is 4. The average Bonchev–Trinajstić information content (AvgIpc) is 3.33. The van der Waals surface area contributed by atoms with Crippen molar-refractivity contribution in [3.63, 3.8) is 0 Å². The van der Waals surface area contributed by atoms with E-state index >= 15 is 0 Å². The van der Waals surface area contributed by atoms with Gasteiger partial charge in [-0.1, -0.05) is 47.5 Å². The van der Waals surface area contributed by atoms with Crippen LogP contribution in [0, 0.1) is 0 Å². The molecule has 2 aromatic rings. The third-order valence-electron chi connectivity index (χ3n) is 5.52. The number of benzene rings is 2. The Balaban J connectivity index is 1.50. The summed E-state index contributed by atoms with van der Waals surface area (Å²) in [5, 5.41) is 9.79. The first-order valence-corrected chi connectivity index (χ1v) is 13.1. The van der Waals surface area contributed by atoms with E-state index in [2.05, 4.69) is 4.99 Å². The predicted molar refractivity (Wildman–Crippen MR) is 136 cm³/mol. The molecule has 0 unspecified atom stereocenters. The van der Waals surface area contributed by atoms with Crippen LogP contribution in [0.2, 0.25) is 10.0 Å². The Bertz CT molecular complexity index is 1270. The smallest absolute Gasteiger partial charge is 0.413 e. The Morgan fingerprint density at radius 3 is 2.53 bits per heavy atom. The molecule has 0 bridgehead atoms. The number of rotatable bonds is 10. The Morgan fingerprint density at radius 2 is 1.86 bits per heavy atom. The average molecular weight is 557 g/mol. The summed E-state index contributed by atoms with van der Waals surface area (Å²) in [6.07, 6.45) is -1.08. The lowest BCUT2D eigenvalue weighted by Gasteiger charge is -2.20. The molecule has 0 fully saturated rings. The van der Waals surface area contributed by atoms with Crippen LogP contribution in [-0.4, -0.2) is 92.4 Å². The summed E-state index contributed by atoms with van der Waals surface area (Å²) >= 11 is 12.4. The maximum absolute atomic E-state index is 12.6. The third-order valence-corrected chi connectivity index (χ3v) is 8.23. The standard InChI is InChI=1S/C23H26Cl2N4O6S/c1-27(14-17-8-7-16(13-19(17)25)22-26-9-10-29(22)23(31)32)21(30)15-35-12-11-28(2)36(33,34)20-6-4-3-5-18(20)24/h3-8,13H,9-12,14-15H2,1-2H3,(H,31,32).